The predicted molar refractivity (Wildman–Crippen MR) is 105 cm³/mol. The Bertz CT molecular complexity index is 665. The van der Waals surface area contributed by atoms with Crippen molar-refractivity contribution in [3.63, 3.8) is 0 Å². The summed E-state index contributed by atoms with van der Waals surface area (Å²) in [5, 5.41) is 2.97. The first-order valence-corrected chi connectivity index (χ1v) is 7.20. The molecule has 0 aromatic heterocycles. The molecule has 2 rings (SSSR count). The fraction of sp³-hybridized carbons (Fsp3) is 0.235. The SMILES string of the molecule is COc1ccc(NC(N)=NCC(C)Oc2ccccc2F)cc1.I. The minimum atomic E-state index is -0.396. The Hall–Kier alpha value is -2.03. The van der Waals surface area contributed by atoms with E-state index in [1.54, 1.807) is 32.2 Å². The number of methoxy groups -OCH3 is 1. The summed E-state index contributed by atoms with van der Waals surface area (Å²) in [6.07, 6.45) is -0.303. The van der Waals surface area contributed by atoms with Crippen molar-refractivity contribution in [2.24, 2.45) is 10.7 Å². The molecule has 24 heavy (non-hydrogen) atoms. The number of aliphatic imine (C=N–C) groups is 1. The van der Waals surface area contributed by atoms with Crippen LogP contribution in [0.1, 0.15) is 6.92 Å². The number of halogens is 2. The molecule has 2 aromatic carbocycles. The van der Waals surface area contributed by atoms with E-state index < -0.39 is 5.82 Å². The highest BCUT2D eigenvalue weighted by Crippen LogP contribution is 2.17. The van der Waals surface area contributed by atoms with Gasteiger partial charge in [0.1, 0.15) is 11.9 Å². The zero-order valence-electron chi connectivity index (χ0n) is 13.5. The number of hydrogen-bond donors (Lipinski definition) is 2. The van der Waals surface area contributed by atoms with Crippen molar-refractivity contribution in [1.82, 2.24) is 0 Å². The van der Waals surface area contributed by atoms with Gasteiger partial charge in [0, 0.05) is 5.69 Å². The molecule has 0 saturated carbocycles. The summed E-state index contributed by atoms with van der Waals surface area (Å²) in [4.78, 5) is 4.19. The van der Waals surface area contributed by atoms with E-state index in [9.17, 15) is 4.39 Å². The van der Waals surface area contributed by atoms with Gasteiger partial charge in [-0.05, 0) is 43.3 Å². The van der Waals surface area contributed by atoms with Gasteiger partial charge in [0.15, 0.2) is 17.5 Å². The minimum absolute atomic E-state index is 0. The number of nitrogens with two attached hydrogens (primary N) is 1. The van der Waals surface area contributed by atoms with Crippen molar-refractivity contribution in [1.29, 1.82) is 0 Å². The number of benzene rings is 2. The molecule has 0 aliphatic heterocycles. The van der Waals surface area contributed by atoms with Crippen LogP contribution in [0.4, 0.5) is 10.1 Å². The van der Waals surface area contributed by atoms with Crippen LogP contribution in [0, 0.1) is 5.82 Å². The van der Waals surface area contributed by atoms with Gasteiger partial charge >= 0.3 is 0 Å². The summed E-state index contributed by atoms with van der Waals surface area (Å²) in [6, 6.07) is 13.6. The van der Waals surface area contributed by atoms with Gasteiger partial charge in [-0.2, -0.15) is 0 Å². The molecule has 0 amide bonds. The normalized spacial score (nSPS) is 12.0. The third-order valence-corrected chi connectivity index (χ3v) is 3.05. The number of nitrogens with zero attached hydrogens (tertiary/aromatic N) is 1. The lowest BCUT2D eigenvalue weighted by atomic mass is 10.3. The summed E-state index contributed by atoms with van der Waals surface area (Å²) >= 11 is 0. The fourth-order valence-corrected chi connectivity index (χ4v) is 1.88. The molecule has 130 valence electrons. The molecule has 3 N–H and O–H groups in total. The molecule has 0 spiro atoms. The molecule has 0 fully saturated rings. The first-order chi connectivity index (χ1) is 11.1. The lowest BCUT2D eigenvalue weighted by Gasteiger charge is -2.13. The van der Waals surface area contributed by atoms with E-state index in [1.807, 2.05) is 24.3 Å². The monoisotopic (exact) mass is 445 g/mol. The highest BCUT2D eigenvalue weighted by Gasteiger charge is 2.07. The largest absolute Gasteiger partial charge is 0.497 e. The first-order valence-electron chi connectivity index (χ1n) is 7.20. The second-order valence-corrected chi connectivity index (χ2v) is 4.94. The maximum atomic E-state index is 13.5. The Morgan fingerprint density at radius 2 is 1.88 bits per heavy atom. The second kappa shape index (κ2) is 9.96. The van der Waals surface area contributed by atoms with E-state index in [1.165, 1.54) is 6.07 Å². The molecule has 0 radical (unpaired) electrons. The van der Waals surface area contributed by atoms with Crippen LogP contribution < -0.4 is 20.5 Å². The third kappa shape index (κ3) is 6.23. The van der Waals surface area contributed by atoms with Crippen molar-refractivity contribution in [2.45, 2.75) is 13.0 Å². The van der Waals surface area contributed by atoms with E-state index in [4.69, 9.17) is 15.2 Å². The van der Waals surface area contributed by atoms with Crippen molar-refractivity contribution in [2.75, 3.05) is 19.0 Å². The molecule has 2 aromatic rings. The van der Waals surface area contributed by atoms with Crippen LogP contribution in [0.5, 0.6) is 11.5 Å². The highest BCUT2D eigenvalue weighted by molar-refractivity contribution is 14.0. The number of hydrogen-bond acceptors (Lipinski definition) is 3. The van der Waals surface area contributed by atoms with E-state index in [0.29, 0.717) is 6.54 Å². The lowest BCUT2D eigenvalue weighted by molar-refractivity contribution is 0.220. The van der Waals surface area contributed by atoms with Crippen molar-refractivity contribution >= 4 is 35.6 Å². The average molecular weight is 445 g/mol. The quantitative estimate of drug-likeness (QED) is 0.405. The minimum Gasteiger partial charge on any atom is -0.497 e. The number of guanidine groups is 1. The second-order valence-electron chi connectivity index (χ2n) is 4.94. The van der Waals surface area contributed by atoms with E-state index >= 15 is 0 Å². The molecule has 7 heteroatoms. The summed E-state index contributed by atoms with van der Waals surface area (Å²) in [6.45, 7) is 2.11. The standard InChI is InChI=1S/C17H20FN3O2.HI/c1-12(23-16-6-4-3-5-15(16)18)11-20-17(19)21-13-7-9-14(22-2)10-8-13;/h3-10,12H,11H2,1-2H3,(H3,19,20,21);1H. The molecule has 0 heterocycles. The number of para-hydroxylation sites is 1. The molecule has 5 nitrogen and oxygen atoms in total. The van der Waals surface area contributed by atoms with Crippen LogP contribution in [0.2, 0.25) is 0 Å². The Kier molecular flexibility index (Phi) is 8.31. The van der Waals surface area contributed by atoms with Gasteiger partial charge in [-0.1, -0.05) is 12.1 Å². The number of ether oxygens (including phenoxy) is 2. The van der Waals surface area contributed by atoms with Gasteiger partial charge in [-0.25, -0.2) is 9.38 Å². The summed E-state index contributed by atoms with van der Waals surface area (Å²) in [7, 11) is 1.61. The molecule has 1 unspecified atom stereocenters. The third-order valence-electron chi connectivity index (χ3n) is 3.05. The number of anilines is 1. The van der Waals surface area contributed by atoms with E-state index in [-0.39, 0.29) is 41.8 Å². The van der Waals surface area contributed by atoms with Crippen LogP contribution in [0.25, 0.3) is 0 Å². The van der Waals surface area contributed by atoms with Crippen LogP contribution in [-0.4, -0.2) is 25.7 Å². The molecule has 0 aliphatic rings. The lowest BCUT2D eigenvalue weighted by Crippen LogP contribution is -2.25. The first kappa shape index (κ1) is 20.0. The topological polar surface area (TPSA) is 68.9 Å². The van der Waals surface area contributed by atoms with Gasteiger partial charge < -0.3 is 20.5 Å². The Morgan fingerprint density at radius 3 is 2.50 bits per heavy atom. The van der Waals surface area contributed by atoms with Crippen LogP contribution in [0.3, 0.4) is 0 Å². The fourth-order valence-electron chi connectivity index (χ4n) is 1.88. The maximum absolute atomic E-state index is 13.5. The number of rotatable bonds is 6. The Balaban J connectivity index is 0.00000288. The van der Waals surface area contributed by atoms with Crippen LogP contribution in [0.15, 0.2) is 53.5 Å². The zero-order chi connectivity index (χ0) is 16.7. The number of nitrogens with one attached hydrogen (secondary N) is 1. The predicted octanol–water partition coefficient (Wildman–Crippen LogP) is 3.65. The van der Waals surface area contributed by atoms with Crippen LogP contribution >= 0.6 is 24.0 Å². The Labute approximate surface area is 158 Å². The van der Waals surface area contributed by atoms with Gasteiger partial charge in [0.2, 0.25) is 0 Å². The molecule has 1 atom stereocenters. The zero-order valence-corrected chi connectivity index (χ0v) is 15.9. The van der Waals surface area contributed by atoms with Crippen molar-refractivity contribution in [3.05, 3.63) is 54.3 Å². The summed E-state index contributed by atoms with van der Waals surface area (Å²) in [5.41, 5.74) is 6.63. The van der Waals surface area contributed by atoms with Crippen molar-refractivity contribution in [3.8, 4) is 11.5 Å². The highest BCUT2D eigenvalue weighted by atomic mass is 127. The molecular weight excluding hydrogens is 424 g/mol. The Morgan fingerprint density at radius 1 is 1.21 bits per heavy atom. The molecule has 0 bridgehead atoms. The smallest absolute Gasteiger partial charge is 0.193 e. The molecule has 0 aliphatic carbocycles. The van der Waals surface area contributed by atoms with Crippen molar-refractivity contribution < 1.29 is 13.9 Å². The van der Waals surface area contributed by atoms with Gasteiger partial charge in [0.25, 0.3) is 0 Å². The summed E-state index contributed by atoms with van der Waals surface area (Å²) < 4.78 is 24.1. The van der Waals surface area contributed by atoms with E-state index in [0.717, 1.165) is 11.4 Å². The van der Waals surface area contributed by atoms with Crippen LogP contribution in [-0.2, 0) is 0 Å². The molecular formula is C17H21FIN3O2. The van der Waals surface area contributed by atoms with Gasteiger partial charge in [-0.15, -0.1) is 24.0 Å². The summed E-state index contributed by atoms with van der Waals surface area (Å²) in [5.74, 6) is 0.835. The van der Waals surface area contributed by atoms with Gasteiger partial charge in [-0.3, -0.25) is 0 Å². The molecule has 0 saturated heterocycles. The van der Waals surface area contributed by atoms with E-state index in [2.05, 4.69) is 10.3 Å². The van der Waals surface area contributed by atoms with Gasteiger partial charge in [0.05, 0.1) is 13.7 Å². The maximum Gasteiger partial charge on any atom is 0.193 e. The average Bonchev–Trinajstić information content (AvgIpc) is 2.56.